The van der Waals surface area contributed by atoms with E-state index in [1.54, 1.807) is 0 Å². The number of benzene rings is 1. The predicted octanol–water partition coefficient (Wildman–Crippen LogP) is 3.07. The molecule has 0 spiro atoms. The van der Waals surface area contributed by atoms with Gasteiger partial charge in [0.05, 0.1) is 12.6 Å². The Morgan fingerprint density at radius 3 is 2.59 bits per heavy atom. The summed E-state index contributed by atoms with van der Waals surface area (Å²) in [7, 11) is 0. The zero-order valence-electron chi connectivity index (χ0n) is 16.4. The number of aliphatic imine (C=N–C) groups is 1. The Morgan fingerprint density at radius 2 is 2.00 bits per heavy atom. The Morgan fingerprint density at radius 1 is 1.26 bits per heavy atom. The normalized spacial score (nSPS) is 16.6. The molecule has 0 saturated carbocycles. The minimum atomic E-state index is -0.196. The fourth-order valence-electron chi connectivity index (χ4n) is 2.65. The maximum Gasteiger partial charge on any atom is 0.319 e. The second-order valence-electron chi connectivity index (χ2n) is 6.66. The van der Waals surface area contributed by atoms with E-state index in [0.717, 1.165) is 49.7 Å². The van der Waals surface area contributed by atoms with Gasteiger partial charge in [-0.25, -0.2) is 9.79 Å². The van der Waals surface area contributed by atoms with E-state index in [1.807, 2.05) is 45.0 Å². The topological polar surface area (TPSA) is 86.8 Å². The molecule has 1 aromatic carbocycles. The van der Waals surface area contributed by atoms with Crippen LogP contribution < -0.4 is 21.3 Å². The third-order valence-corrected chi connectivity index (χ3v) is 3.92. The van der Waals surface area contributed by atoms with Gasteiger partial charge in [0, 0.05) is 31.4 Å². The minimum absolute atomic E-state index is 0. The number of urea groups is 1. The lowest BCUT2D eigenvalue weighted by atomic mass is 10.2. The smallest absolute Gasteiger partial charge is 0.319 e. The fraction of sp³-hybridized carbons (Fsp3) is 0.579. The molecule has 1 aliphatic heterocycles. The van der Waals surface area contributed by atoms with Crippen LogP contribution in [-0.4, -0.2) is 43.8 Å². The van der Waals surface area contributed by atoms with E-state index in [4.69, 9.17) is 4.74 Å². The second-order valence-corrected chi connectivity index (χ2v) is 6.66. The van der Waals surface area contributed by atoms with Crippen molar-refractivity contribution in [3.63, 3.8) is 0 Å². The van der Waals surface area contributed by atoms with Crippen molar-refractivity contribution in [1.29, 1.82) is 0 Å². The standard InChI is InChI=1S/C19H31N5O2.HI/c1-4-20-18(22-13-17-6-5-11-26-17)21-12-15-7-9-16(10-8-15)24-19(25)23-14(2)3;/h7-10,14,17H,4-6,11-13H2,1-3H3,(H2,20,21,22)(H2,23,24,25);1H. The van der Waals surface area contributed by atoms with Gasteiger partial charge in [-0.1, -0.05) is 12.1 Å². The predicted molar refractivity (Wildman–Crippen MR) is 121 cm³/mol. The van der Waals surface area contributed by atoms with E-state index < -0.39 is 0 Å². The number of nitrogens with one attached hydrogen (secondary N) is 4. The number of halogens is 1. The number of anilines is 1. The summed E-state index contributed by atoms with van der Waals surface area (Å²) in [6.07, 6.45) is 2.52. The van der Waals surface area contributed by atoms with E-state index in [0.29, 0.717) is 6.54 Å². The summed E-state index contributed by atoms with van der Waals surface area (Å²) in [6.45, 7) is 8.91. The quantitative estimate of drug-likeness (QED) is 0.270. The highest BCUT2D eigenvalue weighted by atomic mass is 127. The van der Waals surface area contributed by atoms with Crippen LogP contribution in [0.3, 0.4) is 0 Å². The molecule has 0 aromatic heterocycles. The average Bonchev–Trinajstić information content (AvgIpc) is 3.11. The van der Waals surface area contributed by atoms with Crippen molar-refractivity contribution in [3.8, 4) is 0 Å². The molecule has 1 fully saturated rings. The number of rotatable bonds is 7. The molecule has 1 atom stereocenters. The molecule has 1 heterocycles. The highest BCUT2D eigenvalue weighted by Crippen LogP contribution is 2.11. The van der Waals surface area contributed by atoms with Gasteiger partial charge in [-0.2, -0.15) is 0 Å². The minimum Gasteiger partial charge on any atom is -0.376 e. The molecule has 0 radical (unpaired) electrons. The SMILES string of the molecule is CCNC(=NCc1ccc(NC(=O)NC(C)C)cc1)NCC1CCCO1.I. The largest absolute Gasteiger partial charge is 0.376 e. The van der Waals surface area contributed by atoms with Gasteiger partial charge in [0.2, 0.25) is 0 Å². The van der Waals surface area contributed by atoms with Crippen molar-refractivity contribution in [2.45, 2.75) is 52.3 Å². The highest BCUT2D eigenvalue weighted by molar-refractivity contribution is 14.0. The molecule has 1 unspecified atom stereocenters. The van der Waals surface area contributed by atoms with Crippen LogP contribution in [0.25, 0.3) is 0 Å². The maximum atomic E-state index is 11.7. The lowest BCUT2D eigenvalue weighted by Gasteiger charge is -2.15. The van der Waals surface area contributed by atoms with Gasteiger partial charge >= 0.3 is 6.03 Å². The highest BCUT2D eigenvalue weighted by Gasteiger charge is 2.15. The van der Waals surface area contributed by atoms with Crippen molar-refractivity contribution in [3.05, 3.63) is 29.8 Å². The monoisotopic (exact) mass is 489 g/mol. The van der Waals surface area contributed by atoms with Crippen LogP contribution >= 0.6 is 24.0 Å². The van der Waals surface area contributed by atoms with E-state index in [9.17, 15) is 4.79 Å². The molecule has 1 saturated heterocycles. The molecular weight excluding hydrogens is 457 g/mol. The zero-order chi connectivity index (χ0) is 18.8. The number of carbonyl (C=O) groups excluding carboxylic acids is 1. The van der Waals surface area contributed by atoms with Crippen LogP contribution in [0, 0.1) is 0 Å². The number of carbonyl (C=O) groups is 1. The Kier molecular flexibility index (Phi) is 11.1. The van der Waals surface area contributed by atoms with Crippen molar-refractivity contribution in [2.24, 2.45) is 4.99 Å². The molecule has 1 aromatic rings. The molecule has 8 heteroatoms. The van der Waals surface area contributed by atoms with Crippen LogP contribution in [0.2, 0.25) is 0 Å². The number of ether oxygens (including phenoxy) is 1. The maximum absolute atomic E-state index is 11.7. The van der Waals surface area contributed by atoms with E-state index in [-0.39, 0.29) is 42.2 Å². The van der Waals surface area contributed by atoms with Crippen molar-refractivity contribution in [1.82, 2.24) is 16.0 Å². The van der Waals surface area contributed by atoms with E-state index >= 15 is 0 Å². The van der Waals surface area contributed by atoms with Crippen molar-refractivity contribution < 1.29 is 9.53 Å². The number of amides is 2. The van der Waals surface area contributed by atoms with Gasteiger partial charge in [-0.15, -0.1) is 24.0 Å². The third-order valence-electron chi connectivity index (χ3n) is 3.92. The molecule has 0 bridgehead atoms. The van der Waals surface area contributed by atoms with E-state index in [1.165, 1.54) is 0 Å². The average molecular weight is 489 g/mol. The first kappa shape index (κ1) is 23.5. The van der Waals surface area contributed by atoms with Crippen molar-refractivity contribution in [2.75, 3.05) is 25.0 Å². The summed E-state index contributed by atoms with van der Waals surface area (Å²) in [4.78, 5) is 16.3. The lowest BCUT2D eigenvalue weighted by molar-refractivity contribution is 0.114. The summed E-state index contributed by atoms with van der Waals surface area (Å²) in [5.74, 6) is 0.793. The van der Waals surface area contributed by atoms with E-state index in [2.05, 4.69) is 26.3 Å². The summed E-state index contributed by atoms with van der Waals surface area (Å²) in [5.41, 5.74) is 1.84. The molecule has 4 N–H and O–H groups in total. The van der Waals surface area contributed by atoms with Gasteiger partial charge in [0.15, 0.2) is 5.96 Å². The van der Waals surface area contributed by atoms with Gasteiger partial charge in [-0.05, 0) is 51.3 Å². The zero-order valence-corrected chi connectivity index (χ0v) is 18.7. The summed E-state index contributed by atoms with van der Waals surface area (Å²) >= 11 is 0. The first-order valence-corrected chi connectivity index (χ1v) is 9.37. The van der Waals surface area contributed by atoms with Crippen molar-refractivity contribution >= 4 is 41.7 Å². The molecule has 0 aliphatic carbocycles. The van der Waals surface area contributed by atoms with Gasteiger partial charge in [-0.3, -0.25) is 0 Å². The number of hydrogen-bond acceptors (Lipinski definition) is 3. The van der Waals surface area contributed by atoms with Gasteiger partial charge in [0.1, 0.15) is 0 Å². The summed E-state index contributed by atoms with van der Waals surface area (Å²) in [6, 6.07) is 7.62. The molecule has 152 valence electrons. The summed E-state index contributed by atoms with van der Waals surface area (Å²) < 4.78 is 5.63. The lowest BCUT2D eigenvalue weighted by Crippen LogP contribution is -2.41. The Bertz CT molecular complexity index is 586. The molecule has 2 amide bonds. The van der Waals surface area contributed by atoms with Crippen LogP contribution in [0.1, 0.15) is 39.2 Å². The van der Waals surface area contributed by atoms with Crippen LogP contribution in [-0.2, 0) is 11.3 Å². The summed E-state index contributed by atoms with van der Waals surface area (Å²) in [5, 5.41) is 12.2. The van der Waals surface area contributed by atoms with Gasteiger partial charge in [0.25, 0.3) is 0 Å². The van der Waals surface area contributed by atoms with Crippen LogP contribution in [0.4, 0.5) is 10.5 Å². The fourth-order valence-corrected chi connectivity index (χ4v) is 2.65. The number of nitrogens with zero attached hydrogens (tertiary/aromatic N) is 1. The second kappa shape index (κ2) is 12.8. The Hall–Kier alpha value is -1.55. The first-order chi connectivity index (χ1) is 12.6. The molecule has 27 heavy (non-hydrogen) atoms. The van der Waals surface area contributed by atoms with Crippen LogP contribution in [0.5, 0.6) is 0 Å². The molecule has 2 rings (SSSR count). The Balaban J connectivity index is 0.00000364. The number of guanidine groups is 1. The van der Waals surface area contributed by atoms with Gasteiger partial charge < -0.3 is 26.0 Å². The molecule has 7 nitrogen and oxygen atoms in total. The third kappa shape index (κ3) is 9.28. The Labute approximate surface area is 179 Å². The molecule has 1 aliphatic rings. The first-order valence-electron chi connectivity index (χ1n) is 9.37. The van der Waals surface area contributed by atoms with Crippen LogP contribution in [0.15, 0.2) is 29.3 Å². The number of hydrogen-bond donors (Lipinski definition) is 4. The molecular formula is C19H32IN5O2.